The van der Waals surface area contributed by atoms with Gasteiger partial charge in [-0.05, 0) is 39.7 Å². The van der Waals surface area contributed by atoms with Gasteiger partial charge in [-0.3, -0.25) is 9.88 Å². The van der Waals surface area contributed by atoms with Gasteiger partial charge >= 0.3 is 0 Å². The molecule has 0 aliphatic carbocycles. The molecule has 3 heterocycles. The molecule has 5 heteroatoms. The van der Waals surface area contributed by atoms with Crippen LogP contribution in [-0.4, -0.2) is 53.5 Å². The summed E-state index contributed by atoms with van der Waals surface area (Å²) in [5, 5.41) is 10.8. The number of hydrogen-bond donors (Lipinski definition) is 1. The van der Waals surface area contributed by atoms with E-state index in [1.165, 1.54) is 6.42 Å². The lowest BCUT2D eigenvalue weighted by molar-refractivity contribution is -0.123. The number of likely N-dealkylation sites (tertiary alicyclic amines) is 1. The fourth-order valence-corrected chi connectivity index (χ4v) is 3.99. The van der Waals surface area contributed by atoms with Gasteiger partial charge in [0, 0.05) is 42.9 Å². The van der Waals surface area contributed by atoms with E-state index in [9.17, 15) is 5.11 Å². The van der Waals surface area contributed by atoms with Crippen molar-refractivity contribution in [2.45, 2.75) is 51.3 Å². The predicted molar refractivity (Wildman–Crippen MR) is 88.5 cm³/mol. The molecule has 0 saturated carbocycles. The van der Waals surface area contributed by atoms with Crippen molar-refractivity contribution in [2.24, 2.45) is 5.92 Å². The van der Waals surface area contributed by atoms with Crippen molar-refractivity contribution in [2.75, 3.05) is 26.9 Å². The molecule has 2 aliphatic rings. The number of aromatic nitrogens is 1. The Bertz CT molecular complexity index is 547. The van der Waals surface area contributed by atoms with E-state index in [2.05, 4.69) is 9.88 Å². The fraction of sp³-hybridized carbons (Fsp3) is 0.722. The number of pyridine rings is 1. The Morgan fingerprint density at radius 1 is 1.48 bits per heavy atom. The van der Waals surface area contributed by atoms with E-state index in [1.54, 1.807) is 7.11 Å². The van der Waals surface area contributed by atoms with Gasteiger partial charge in [-0.15, -0.1) is 0 Å². The molecule has 0 amide bonds. The van der Waals surface area contributed by atoms with Crippen LogP contribution >= 0.6 is 0 Å². The normalized spacial score (nSPS) is 32.2. The number of nitrogens with zero attached hydrogens (tertiary/aromatic N) is 2. The Balaban J connectivity index is 1.75. The van der Waals surface area contributed by atoms with Crippen LogP contribution in [0.3, 0.4) is 0 Å². The van der Waals surface area contributed by atoms with Crippen LogP contribution in [0, 0.1) is 12.8 Å². The van der Waals surface area contributed by atoms with Crippen LogP contribution in [-0.2, 0) is 11.3 Å². The maximum atomic E-state index is 10.8. The zero-order valence-electron chi connectivity index (χ0n) is 14.4. The van der Waals surface area contributed by atoms with Gasteiger partial charge in [-0.25, -0.2) is 0 Å². The van der Waals surface area contributed by atoms with Crippen molar-refractivity contribution < 1.29 is 14.6 Å². The van der Waals surface area contributed by atoms with Crippen molar-refractivity contribution in [1.82, 2.24) is 9.88 Å². The lowest BCUT2D eigenvalue weighted by Gasteiger charge is -2.43. The molecule has 5 nitrogen and oxygen atoms in total. The van der Waals surface area contributed by atoms with Crippen molar-refractivity contribution in [1.29, 1.82) is 0 Å². The van der Waals surface area contributed by atoms with Gasteiger partial charge in [0.15, 0.2) is 0 Å². The van der Waals surface area contributed by atoms with Gasteiger partial charge in [0.25, 0.3) is 0 Å². The van der Waals surface area contributed by atoms with E-state index in [4.69, 9.17) is 9.47 Å². The van der Waals surface area contributed by atoms with Gasteiger partial charge in [0.2, 0.25) is 0 Å². The van der Waals surface area contributed by atoms with Crippen LogP contribution in [0.25, 0.3) is 0 Å². The van der Waals surface area contributed by atoms with E-state index >= 15 is 0 Å². The SMILES string of the molecule is COc1cc(C)nc(CN2CCC[C@@H]2[C@H]2COCC[C@@]2(C)O)c1. The smallest absolute Gasteiger partial charge is 0.122 e. The second-order valence-electron chi connectivity index (χ2n) is 7.11. The molecule has 128 valence electrons. The van der Waals surface area contributed by atoms with E-state index < -0.39 is 5.60 Å². The summed E-state index contributed by atoms with van der Waals surface area (Å²) >= 11 is 0. The Morgan fingerprint density at radius 3 is 3.04 bits per heavy atom. The third-order valence-corrected chi connectivity index (χ3v) is 5.31. The quantitative estimate of drug-likeness (QED) is 0.921. The standard InChI is InChI=1S/C18H28N2O3/c1-13-9-15(22-3)10-14(19-13)11-20-7-4-5-17(20)16-12-23-8-6-18(16,2)21/h9-10,16-17,21H,4-8,11-12H2,1-3H3/t16-,17-,18-/m1/s1. The van der Waals surface area contributed by atoms with Crippen molar-refractivity contribution in [3.05, 3.63) is 23.5 Å². The summed E-state index contributed by atoms with van der Waals surface area (Å²) < 4.78 is 11.0. The van der Waals surface area contributed by atoms with Gasteiger partial charge in [-0.1, -0.05) is 0 Å². The molecule has 2 aliphatic heterocycles. The van der Waals surface area contributed by atoms with Gasteiger partial charge < -0.3 is 14.6 Å². The maximum Gasteiger partial charge on any atom is 0.122 e. The first-order chi connectivity index (χ1) is 11.0. The molecule has 2 fully saturated rings. The molecule has 1 N–H and O–H groups in total. The van der Waals surface area contributed by atoms with E-state index in [-0.39, 0.29) is 5.92 Å². The summed E-state index contributed by atoms with van der Waals surface area (Å²) in [6, 6.07) is 4.32. The lowest BCUT2D eigenvalue weighted by Crippen LogP contribution is -2.52. The Labute approximate surface area is 138 Å². The summed E-state index contributed by atoms with van der Waals surface area (Å²) in [5.74, 6) is 1.03. The lowest BCUT2D eigenvalue weighted by atomic mass is 9.79. The number of aliphatic hydroxyl groups is 1. The highest BCUT2D eigenvalue weighted by Gasteiger charge is 2.44. The second-order valence-corrected chi connectivity index (χ2v) is 7.11. The van der Waals surface area contributed by atoms with Gasteiger partial charge in [0.1, 0.15) is 5.75 Å². The van der Waals surface area contributed by atoms with Crippen LogP contribution in [0.2, 0.25) is 0 Å². The molecule has 2 saturated heterocycles. The molecule has 0 bridgehead atoms. The topological polar surface area (TPSA) is 54.8 Å². The summed E-state index contributed by atoms with van der Waals surface area (Å²) in [4.78, 5) is 7.10. The number of aryl methyl sites for hydroxylation is 1. The molecule has 3 rings (SSSR count). The molecular weight excluding hydrogens is 292 g/mol. The molecule has 1 aromatic heterocycles. The summed E-state index contributed by atoms with van der Waals surface area (Å²) in [7, 11) is 1.69. The first-order valence-electron chi connectivity index (χ1n) is 8.55. The molecule has 23 heavy (non-hydrogen) atoms. The second kappa shape index (κ2) is 6.75. The van der Waals surface area contributed by atoms with Crippen LogP contribution in [0.1, 0.15) is 37.6 Å². The zero-order valence-corrected chi connectivity index (χ0v) is 14.4. The zero-order chi connectivity index (χ0) is 16.4. The largest absolute Gasteiger partial charge is 0.497 e. The highest BCUT2D eigenvalue weighted by molar-refractivity contribution is 5.26. The van der Waals surface area contributed by atoms with E-state index in [0.717, 1.165) is 43.1 Å². The minimum Gasteiger partial charge on any atom is -0.497 e. The Morgan fingerprint density at radius 2 is 2.30 bits per heavy atom. The summed E-state index contributed by atoms with van der Waals surface area (Å²) in [5.41, 5.74) is 1.37. The summed E-state index contributed by atoms with van der Waals surface area (Å²) in [6.07, 6.45) is 3.01. The molecule has 0 spiro atoms. The molecule has 0 aromatic carbocycles. The van der Waals surface area contributed by atoms with Crippen LogP contribution in [0.15, 0.2) is 12.1 Å². The molecule has 3 atom stereocenters. The fourth-order valence-electron chi connectivity index (χ4n) is 3.99. The third-order valence-electron chi connectivity index (χ3n) is 5.31. The number of methoxy groups -OCH3 is 1. The van der Waals surface area contributed by atoms with E-state index in [1.807, 2.05) is 26.0 Å². The first-order valence-corrected chi connectivity index (χ1v) is 8.55. The first kappa shape index (κ1) is 16.7. The highest BCUT2D eigenvalue weighted by Crippen LogP contribution is 2.36. The van der Waals surface area contributed by atoms with Crippen molar-refractivity contribution in [3.63, 3.8) is 0 Å². The van der Waals surface area contributed by atoms with Gasteiger partial charge in [-0.2, -0.15) is 0 Å². The maximum absolute atomic E-state index is 10.8. The third kappa shape index (κ3) is 3.67. The molecular formula is C18H28N2O3. The van der Waals surface area contributed by atoms with Gasteiger partial charge in [0.05, 0.1) is 25.0 Å². The minimum absolute atomic E-state index is 0.172. The average Bonchev–Trinajstić information content (AvgIpc) is 2.94. The molecule has 1 aromatic rings. The number of hydrogen-bond acceptors (Lipinski definition) is 5. The molecule has 0 radical (unpaired) electrons. The predicted octanol–water partition coefficient (Wildman–Crippen LogP) is 2.15. The average molecular weight is 320 g/mol. The van der Waals surface area contributed by atoms with E-state index in [0.29, 0.717) is 19.3 Å². The Kier molecular flexibility index (Phi) is 4.90. The number of rotatable bonds is 4. The number of ether oxygens (including phenoxy) is 2. The van der Waals surface area contributed by atoms with Crippen LogP contribution < -0.4 is 4.74 Å². The van der Waals surface area contributed by atoms with Crippen molar-refractivity contribution >= 4 is 0 Å². The monoisotopic (exact) mass is 320 g/mol. The highest BCUT2D eigenvalue weighted by atomic mass is 16.5. The minimum atomic E-state index is -0.636. The summed E-state index contributed by atoms with van der Waals surface area (Å²) in [6.45, 7) is 7.12. The Hall–Kier alpha value is -1.17. The van der Waals surface area contributed by atoms with Crippen molar-refractivity contribution in [3.8, 4) is 5.75 Å². The van der Waals surface area contributed by atoms with Crippen LogP contribution in [0.5, 0.6) is 5.75 Å². The van der Waals surface area contributed by atoms with Crippen LogP contribution in [0.4, 0.5) is 0 Å². The molecule has 0 unspecified atom stereocenters.